The van der Waals surface area contributed by atoms with Crippen LogP contribution in [0.3, 0.4) is 0 Å². The van der Waals surface area contributed by atoms with E-state index in [4.69, 9.17) is 5.73 Å². The SMILES string of the molecule is Cc1csc(N(CCN)C2CCCC2)n1. The highest BCUT2D eigenvalue weighted by Gasteiger charge is 2.23. The number of rotatable bonds is 4. The summed E-state index contributed by atoms with van der Waals surface area (Å²) in [6.45, 7) is 3.71. The fourth-order valence-corrected chi connectivity index (χ4v) is 3.16. The summed E-state index contributed by atoms with van der Waals surface area (Å²) in [6, 6.07) is 0.680. The molecule has 3 nitrogen and oxygen atoms in total. The fourth-order valence-electron chi connectivity index (χ4n) is 2.26. The number of thiazole rings is 1. The molecule has 0 bridgehead atoms. The quantitative estimate of drug-likeness (QED) is 0.854. The molecule has 1 fully saturated rings. The zero-order chi connectivity index (χ0) is 10.7. The fraction of sp³-hybridized carbons (Fsp3) is 0.727. The molecule has 0 unspecified atom stereocenters. The first-order valence-electron chi connectivity index (χ1n) is 5.70. The van der Waals surface area contributed by atoms with Gasteiger partial charge in [-0.3, -0.25) is 0 Å². The Morgan fingerprint density at radius 3 is 2.80 bits per heavy atom. The van der Waals surface area contributed by atoms with Gasteiger partial charge in [0, 0.05) is 24.5 Å². The van der Waals surface area contributed by atoms with E-state index in [0.717, 1.165) is 23.9 Å². The molecule has 4 heteroatoms. The van der Waals surface area contributed by atoms with Gasteiger partial charge >= 0.3 is 0 Å². The maximum absolute atomic E-state index is 5.68. The van der Waals surface area contributed by atoms with Crippen LogP contribution >= 0.6 is 11.3 Å². The first-order chi connectivity index (χ1) is 7.31. The Hall–Kier alpha value is -0.610. The summed E-state index contributed by atoms with van der Waals surface area (Å²) in [5.41, 5.74) is 6.80. The van der Waals surface area contributed by atoms with Crippen molar-refractivity contribution in [2.45, 2.75) is 38.6 Å². The van der Waals surface area contributed by atoms with Gasteiger partial charge in [-0.2, -0.15) is 0 Å². The number of nitrogens with two attached hydrogens (primary N) is 1. The summed E-state index contributed by atoms with van der Waals surface area (Å²) < 4.78 is 0. The molecule has 0 amide bonds. The Bertz CT molecular complexity index is 305. The molecular weight excluding hydrogens is 206 g/mol. The summed E-state index contributed by atoms with van der Waals surface area (Å²) in [7, 11) is 0. The molecular formula is C11H19N3S. The van der Waals surface area contributed by atoms with E-state index in [-0.39, 0.29) is 0 Å². The van der Waals surface area contributed by atoms with Crippen LogP contribution in [0, 0.1) is 6.92 Å². The average Bonchev–Trinajstić information content (AvgIpc) is 2.85. The van der Waals surface area contributed by atoms with Crippen molar-refractivity contribution in [2.24, 2.45) is 5.73 Å². The van der Waals surface area contributed by atoms with E-state index in [1.165, 1.54) is 25.7 Å². The predicted octanol–water partition coefficient (Wildman–Crippen LogP) is 2.16. The number of aryl methyl sites for hydroxylation is 1. The first-order valence-corrected chi connectivity index (χ1v) is 6.58. The minimum Gasteiger partial charge on any atom is -0.344 e. The van der Waals surface area contributed by atoms with Gasteiger partial charge in [0.05, 0.1) is 5.69 Å². The van der Waals surface area contributed by atoms with Crippen molar-refractivity contribution in [1.29, 1.82) is 0 Å². The lowest BCUT2D eigenvalue weighted by molar-refractivity contribution is 0.607. The minimum absolute atomic E-state index is 0.680. The lowest BCUT2D eigenvalue weighted by atomic mass is 10.2. The highest BCUT2D eigenvalue weighted by atomic mass is 32.1. The summed E-state index contributed by atoms with van der Waals surface area (Å²) >= 11 is 1.74. The highest BCUT2D eigenvalue weighted by Crippen LogP contribution is 2.29. The first kappa shape index (κ1) is 10.9. The Kier molecular flexibility index (Phi) is 3.59. The number of hydrogen-bond acceptors (Lipinski definition) is 4. The van der Waals surface area contributed by atoms with Crippen molar-refractivity contribution < 1.29 is 0 Å². The number of hydrogen-bond donors (Lipinski definition) is 1. The van der Waals surface area contributed by atoms with E-state index in [2.05, 4.69) is 22.2 Å². The van der Waals surface area contributed by atoms with E-state index in [9.17, 15) is 0 Å². The van der Waals surface area contributed by atoms with Crippen molar-refractivity contribution in [3.8, 4) is 0 Å². The zero-order valence-electron chi connectivity index (χ0n) is 9.28. The molecule has 15 heavy (non-hydrogen) atoms. The van der Waals surface area contributed by atoms with Crippen molar-refractivity contribution in [3.05, 3.63) is 11.1 Å². The molecule has 2 N–H and O–H groups in total. The van der Waals surface area contributed by atoms with E-state index < -0.39 is 0 Å². The zero-order valence-corrected chi connectivity index (χ0v) is 10.1. The number of aromatic nitrogens is 1. The van der Waals surface area contributed by atoms with Gasteiger partial charge in [-0.1, -0.05) is 12.8 Å². The molecule has 0 spiro atoms. The molecule has 1 saturated carbocycles. The molecule has 1 aliphatic carbocycles. The van der Waals surface area contributed by atoms with E-state index in [1.54, 1.807) is 11.3 Å². The monoisotopic (exact) mass is 225 g/mol. The third-order valence-electron chi connectivity index (χ3n) is 2.99. The molecule has 2 rings (SSSR count). The summed E-state index contributed by atoms with van der Waals surface area (Å²) in [6.07, 6.45) is 5.32. The lowest BCUT2D eigenvalue weighted by Gasteiger charge is -2.27. The van der Waals surface area contributed by atoms with Gasteiger partial charge < -0.3 is 10.6 Å². The predicted molar refractivity (Wildman–Crippen MR) is 65.5 cm³/mol. The molecule has 1 aliphatic rings. The molecule has 0 aliphatic heterocycles. The topological polar surface area (TPSA) is 42.1 Å². The molecule has 0 radical (unpaired) electrons. The van der Waals surface area contributed by atoms with E-state index in [0.29, 0.717) is 6.04 Å². The minimum atomic E-state index is 0.680. The molecule has 0 atom stereocenters. The lowest BCUT2D eigenvalue weighted by Crippen LogP contribution is -2.37. The van der Waals surface area contributed by atoms with Gasteiger partial charge in [-0.25, -0.2) is 4.98 Å². The van der Waals surface area contributed by atoms with Crippen molar-refractivity contribution in [2.75, 3.05) is 18.0 Å². The number of nitrogens with zero attached hydrogens (tertiary/aromatic N) is 2. The highest BCUT2D eigenvalue weighted by molar-refractivity contribution is 7.13. The molecule has 1 aromatic rings. The second kappa shape index (κ2) is 4.94. The van der Waals surface area contributed by atoms with Gasteiger partial charge in [-0.05, 0) is 19.8 Å². The van der Waals surface area contributed by atoms with E-state index >= 15 is 0 Å². The summed E-state index contributed by atoms with van der Waals surface area (Å²) in [4.78, 5) is 6.97. The Labute approximate surface area is 95.3 Å². The van der Waals surface area contributed by atoms with Crippen LogP contribution in [0.1, 0.15) is 31.4 Å². The Morgan fingerprint density at radius 1 is 1.53 bits per heavy atom. The van der Waals surface area contributed by atoms with Crippen molar-refractivity contribution in [1.82, 2.24) is 4.98 Å². The average molecular weight is 225 g/mol. The van der Waals surface area contributed by atoms with Gasteiger partial charge in [0.15, 0.2) is 5.13 Å². The van der Waals surface area contributed by atoms with Crippen LogP contribution in [0.5, 0.6) is 0 Å². The molecule has 84 valence electrons. The van der Waals surface area contributed by atoms with Crippen LogP contribution in [0.15, 0.2) is 5.38 Å². The molecule has 0 aromatic carbocycles. The van der Waals surface area contributed by atoms with Crippen LogP contribution in [0.25, 0.3) is 0 Å². The molecule has 1 heterocycles. The van der Waals surface area contributed by atoms with Crippen LogP contribution in [0.4, 0.5) is 5.13 Å². The van der Waals surface area contributed by atoms with E-state index in [1.807, 2.05) is 0 Å². The van der Waals surface area contributed by atoms with Crippen LogP contribution < -0.4 is 10.6 Å². The smallest absolute Gasteiger partial charge is 0.185 e. The van der Waals surface area contributed by atoms with Gasteiger partial charge in [0.25, 0.3) is 0 Å². The summed E-state index contributed by atoms with van der Waals surface area (Å²) in [5.74, 6) is 0. The van der Waals surface area contributed by atoms with Crippen LogP contribution in [0.2, 0.25) is 0 Å². The van der Waals surface area contributed by atoms with Crippen LogP contribution in [-0.2, 0) is 0 Å². The maximum Gasteiger partial charge on any atom is 0.185 e. The van der Waals surface area contributed by atoms with Gasteiger partial charge in [0.1, 0.15) is 0 Å². The second-order valence-electron chi connectivity index (χ2n) is 4.19. The van der Waals surface area contributed by atoms with Crippen molar-refractivity contribution >= 4 is 16.5 Å². The summed E-state index contributed by atoms with van der Waals surface area (Å²) in [5, 5.41) is 3.28. The molecule has 0 saturated heterocycles. The normalized spacial score (nSPS) is 17.2. The maximum atomic E-state index is 5.68. The third-order valence-corrected chi connectivity index (χ3v) is 3.98. The van der Waals surface area contributed by atoms with Crippen LogP contribution in [-0.4, -0.2) is 24.1 Å². The standard InChI is InChI=1S/C11H19N3S/c1-9-8-15-11(13-9)14(7-6-12)10-4-2-3-5-10/h8,10H,2-7,12H2,1H3. The van der Waals surface area contributed by atoms with Crippen molar-refractivity contribution in [3.63, 3.8) is 0 Å². The third kappa shape index (κ3) is 2.49. The molecule has 1 aromatic heterocycles. The number of anilines is 1. The van der Waals surface area contributed by atoms with Gasteiger partial charge in [-0.15, -0.1) is 11.3 Å². The van der Waals surface area contributed by atoms with Gasteiger partial charge in [0.2, 0.25) is 0 Å². The second-order valence-corrected chi connectivity index (χ2v) is 5.03. The Balaban J connectivity index is 2.11. The Morgan fingerprint density at radius 2 is 2.27 bits per heavy atom. The largest absolute Gasteiger partial charge is 0.344 e.